The number of nitrogens with one attached hydrogen (secondary N) is 2. The minimum absolute atomic E-state index is 0.288. The molecule has 0 fully saturated rings. The van der Waals surface area contributed by atoms with Gasteiger partial charge in [-0.25, -0.2) is 0 Å². The first kappa shape index (κ1) is 20.3. The van der Waals surface area contributed by atoms with E-state index < -0.39 is 22.5 Å². The Kier molecular flexibility index (Phi) is 6.14. The Bertz CT molecular complexity index is 880. The number of carbonyl (C=O) groups excluding carboxylic acids is 2. The van der Waals surface area contributed by atoms with Crippen LogP contribution in [0.1, 0.15) is 20.8 Å². The molecule has 2 amide bonds. The maximum Gasteiger partial charge on any atom is 0.243 e. The summed E-state index contributed by atoms with van der Waals surface area (Å²) in [4.78, 5) is 24.8. The minimum Gasteiger partial charge on any atom is -0.495 e. The van der Waals surface area contributed by atoms with Crippen LogP contribution in [-0.4, -0.2) is 24.2 Å². The molecule has 0 saturated heterocycles. The van der Waals surface area contributed by atoms with Gasteiger partial charge < -0.3 is 15.4 Å². The Balaban J connectivity index is 2.23. The van der Waals surface area contributed by atoms with Gasteiger partial charge in [-0.15, -0.1) is 0 Å². The molecule has 1 heterocycles. The summed E-state index contributed by atoms with van der Waals surface area (Å²) in [5.74, 6) is -1.21. The Hall–Kier alpha value is -2.97. The van der Waals surface area contributed by atoms with E-state index >= 15 is 0 Å². The van der Waals surface area contributed by atoms with Gasteiger partial charge in [0.1, 0.15) is 11.7 Å². The molecule has 0 aromatic heterocycles. The molecule has 7 nitrogen and oxygen atoms in total. The number of methoxy groups -OCH3 is 1. The van der Waals surface area contributed by atoms with Crippen LogP contribution in [0.2, 0.25) is 0 Å². The number of hydrogen-bond acceptors (Lipinski definition) is 6. The summed E-state index contributed by atoms with van der Waals surface area (Å²) in [5, 5.41) is 23.9. The molecule has 0 saturated carbocycles. The third-order valence-corrected chi connectivity index (χ3v) is 5.47. The van der Waals surface area contributed by atoms with Crippen molar-refractivity contribution in [3.63, 3.8) is 0 Å². The Morgan fingerprint density at radius 3 is 2.63 bits per heavy atom. The second kappa shape index (κ2) is 8.15. The smallest absolute Gasteiger partial charge is 0.243 e. The van der Waals surface area contributed by atoms with Gasteiger partial charge >= 0.3 is 0 Å². The van der Waals surface area contributed by atoms with E-state index in [1.807, 2.05) is 6.07 Å². The summed E-state index contributed by atoms with van der Waals surface area (Å²) in [6.45, 7) is 5.03. The zero-order valence-corrected chi connectivity index (χ0v) is 16.3. The molecule has 0 aliphatic carbocycles. The molecule has 1 aromatic carbocycles. The molecule has 0 spiro atoms. The van der Waals surface area contributed by atoms with E-state index in [0.29, 0.717) is 16.5 Å². The van der Waals surface area contributed by atoms with E-state index in [9.17, 15) is 20.1 Å². The predicted octanol–water partition coefficient (Wildman–Crippen LogP) is 2.79. The standard InChI is InChI=1S/C19H20N4O3S/c1-11(16(24)22-14-7-5-6-8-15(14)26-4)27-18-13(10-21)19(2,3)12(9-20)17(25)23-18/h5-8,11-12H,1-4H3,(H,22,24)(H,23,25)/t11-,12-/m1/s1. The van der Waals surface area contributed by atoms with Gasteiger partial charge in [0.15, 0.2) is 0 Å². The first-order valence-electron chi connectivity index (χ1n) is 8.22. The molecule has 0 radical (unpaired) electrons. The van der Waals surface area contributed by atoms with Crippen molar-refractivity contribution in [2.45, 2.75) is 26.0 Å². The minimum atomic E-state index is -0.964. The second-order valence-electron chi connectivity index (χ2n) is 6.54. The SMILES string of the molecule is COc1ccccc1NC(=O)[C@@H](C)SC1=C(C#N)C(C)(C)[C@H](C#N)C(=O)N1. The monoisotopic (exact) mass is 384 g/mol. The van der Waals surface area contributed by atoms with Crippen molar-refractivity contribution in [1.29, 1.82) is 10.5 Å². The predicted molar refractivity (Wildman–Crippen MR) is 102 cm³/mol. The largest absolute Gasteiger partial charge is 0.495 e. The average molecular weight is 384 g/mol. The number of nitriles is 2. The van der Waals surface area contributed by atoms with Crippen molar-refractivity contribution in [2.24, 2.45) is 11.3 Å². The zero-order valence-electron chi connectivity index (χ0n) is 15.5. The molecule has 27 heavy (non-hydrogen) atoms. The summed E-state index contributed by atoms with van der Waals surface area (Å²) < 4.78 is 5.21. The van der Waals surface area contributed by atoms with E-state index in [1.54, 1.807) is 45.0 Å². The summed E-state index contributed by atoms with van der Waals surface area (Å²) in [6.07, 6.45) is 0. The highest BCUT2D eigenvalue weighted by Crippen LogP contribution is 2.42. The average Bonchev–Trinajstić information content (AvgIpc) is 2.61. The molecule has 0 bridgehead atoms. The van der Waals surface area contributed by atoms with Gasteiger partial charge in [0.25, 0.3) is 0 Å². The van der Waals surface area contributed by atoms with Crippen LogP contribution >= 0.6 is 11.8 Å². The summed E-state index contributed by atoms with van der Waals surface area (Å²) >= 11 is 1.08. The molecule has 2 atom stereocenters. The van der Waals surface area contributed by atoms with Crippen LogP contribution in [0, 0.1) is 34.0 Å². The van der Waals surface area contributed by atoms with E-state index in [2.05, 4.69) is 16.7 Å². The molecule has 0 unspecified atom stereocenters. The molecule has 2 rings (SSSR count). The van der Waals surface area contributed by atoms with Gasteiger partial charge in [0.05, 0.1) is 40.8 Å². The van der Waals surface area contributed by atoms with Gasteiger partial charge in [0.2, 0.25) is 11.8 Å². The highest BCUT2D eigenvalue weighted by atomic mass is 32.2. The highest BCUT2D eigenvalue weighted by Gasteiger charge is 2.45. The number of rotatable bonds is 5. The first-order valence-corrected chi connectivity index (χ1v) is 9.10. The number of carbonyl (C=O) groups is 2. The summed E-state index contributed by atoms with van der Waals surface area (Å²) in [7, 11) is 1.51. The number of ether oxygens (including phenoxy) is 1. The van der Waals surface area contributed by atoms with Gasteiger partial charge in [-0.05, 0) is 19.1 Å². The van der Waals surface area contributed by atoms with Gasteiger partial charge in [-0.3, -0.25) is 9.59 Å². The van der Waals surface area contributed by atoms with Gasteiger partial charge in [-0.2, -0.15) is 10.5 Å². The molecule has 1 aromatic rings. The fourth-order valence-corrected chi connectivity index (χ4v) is 3.83. The first-order chi connectivity index (χ1) is 12.8. The lowest BCUT2D eigenvalue weighted by Gasteiger charge is -2.35. The third-order valence-electron chi connectivity index (χ3n) is 4.36. The van der Waals surface area contributed by atoms with Crippen LogP contribution in [-0.2, 0) is 9.59 Å². The fourth-order valence-electron chi connectivity index (χ4n) is 2.73. The van der Waals surface area contributed by atoms with Crippen LogP contribution < -0.4 is 15.4 Å². The van der Waals surface area contributed by atoms with Crippen molar-refractivity contribution >= 4 is 29.3 Å². The molecule has 1 aliphatic rings. The van der Waals surface area contributed by atoms with Crippen LogP contribution in [0.15, 0.2) is 34.9 Å². The highest BCUT2D eigenvalue weighted by molar-refractivity contribution is 8.04. The number of para-hydroxylation sites is 2. The third kappa shape index (κ3) is 4.07. The Labute approximate surface area is 162 Å². The fraction of sp³-hybridized carbons (Fsp3) is 0.368. The zero-order chi connectivity index (χ0) is 20.2. The van der Waals surface area contributed by atoms with Crippen LogP contribution in [0.4, 0.5) is 5.69 Å². The number of amides is 2. The van der Waals surface area contributed by atoms with E-state index in [-0.39, 0.29) is 11.5 Å². The number of anilines is 1. The molecule has 140 valence electrons. The molecule has 2 N–H and O–H groups in total. The maximum atomic E-state index is 12.6. The summed E-state index contributed by atoms with van der Waals surface area (Å²) in [6, 6.07) is 11.1. The second-order valence-corrected chi connectivity index (χ2v) is 7.89. The van der Waals surface area contributed by atoms with E-state index in [0.717, 1.165) is 11.8 Å². The Morgan fingerprint density at radius 2 is 2.04 bits per heavy atom. The number of benzene rings is 1. The number of allylic oxidation sites excluding steroid dienone is 1. The van der Waals surface area contributed by atoms with Crippen molar-refractivity contribution < 1.29 is 14.3 Å². The van der Waals surface area contributed by atoms with Crippen LogP contribution in [0.5, 0.6) is 5.75 Å². The van der Waals surface area contributed by atoms with Crippen molar-refractivity contribution in [3.05, 3.63) is 34.9 Å². The van der Waals surface area contributed by atoms with Gasteiger partial charge in [0, 0.05) is 5.41 Å². The lowest BCUT2D eigenvalue weighted by molar-refractivity contribution is -0.125. The van der Waals surface area contributed by atoms with Crippen LogP contribution in [0.25, 0.3) is 0 Å². The van der Waals surface area contributed by atoms with E-state index in [1.165, 1.54) is 7.11 Å². The van der Waals surface area contributed by atoms with Crippen molar-refractivity contribution in [3.8, 4) is 17.9 Å². The lowest BCUT2D eigenvalue weighted by atomic mass is 9.72. The number of thioether (sulfide) groups is 1. The van der Waals surface area contributed by atoms with Crippen molar-refractivity contribution in [2.75, 3.05) is 12.4 Å². The molecular weight excluding hydrogens is 364 g/mol. The van der Waals surface area contributed by atoms with Crippen molar-refractivity contribution in [1.82, 2.24) is 5.32 Å². The molecule has 8 heteroatoms. The van der Waals surface area contributed by atoms with Crippen LogP contribution in [0.3, 0.4) is 0 Å². The quantitative estimate of drug-likeness (QED) is 0.807. The number of nitrogens with zero attached hydrogens (tertiary/aromatic N) is 2. The maximum absolute atomic E-state index is 12.6. The van der Waals surface area contributed by atoms with E-state index in [4.69, 9.17) is 4.74 Å². The number of hydrogen-bond donors (Lipinski definition) is 2. The topological polar surface area (TPSA) is 115 Å². The molecule has 1 aliphatic heterocycles. The normalized spacial score (nSPS) is 19.3. The van der Waals surface area contributed by atoms with Gasteiger partial charge in [-0.1, -0.05) is 37.7 Å². The summed E-state index contributed by atoms with van der Waals surface area (Å²) in [5.41, 5.74) is -0.118. The molecular formula is C19H20N4O3S. The lowest BCUT2D eigenvalue weighted by Crippen LogP contribution is -2.45. The Morgan fingerprint density at radius 1 is 1.37 bits per heavy atom.